The first kappa shape index (κ1) is 12.2. The highest BCUT2D eigenvalue weighted by atomic mass is 16.3. The van der Waals surface area contributed by atoms with Gasteiger partial charge >= 0.3 is 0 Å². The van der Waals surface area contributed by atoms with Crippen molar-refractivity contribution in [2.45, 2.75) is 50.6 Å². The fraction of sp³-hybridized carbons (Fsp3) is 0.733. The zero-order chi connectivity index (χ0) is 12.4. The van der Waals surface area contributed by atoms with E-state index in [1.807, 2.05) is 6.07 Å². The fourth-order valence-electron chi connectivity index (χ4n) is 3.82. The van der Waals surface area contributed by atoms with Gasteiger partial charge in [-0.1, -0.05) is 19.3 Å². The van der Waals surface area contributed by atoms with Crippen LogP contribution in [0.15, 0.2) is 22.8 Å². The van der Waals surface area contributed by atoms with Crippen LogP contribution >= 0.6 is 0 Å². The van der Waals surface area contributed by atoms with Gasteiger partial charge in [0, 0.05) is 25.2 Å². The molecule has 18 heavy (non-hydrogen) atoms. The highest BCUT2D eigenvalue weighted by molar-refractivity contribution is 5.08. The first-order chi connectivity index (χ1) is 8.82. The van der Waals surface area contributed by atoms with E-state index in [1.165, 1.54) is 32.1 Å². The Bertz CT molecular complexity index is 360. The lowest BCUT2D eigenvalue weighted by atomic mass is 9.78. The van der Waals surface area contributed by atoms with Gasteiger partial charge in [-0.3, -0.25) is 4.90 Å². The van der Waals surface area contributed by atoms with Crippen molar-refractivity contribution in [2.24, 2.45) is 0 Å². The van der Waals surface area contributed by atoms with Gasteiger partial charge in [-0.15, -0.1) is 0 Å². The van der Waals surface area contributed by atoms with Gasteiger partial charge in [0.2, 0.25) is 0 Å². The largest absolute Gasteiger partial charge is 0.468 e. The van der Waals surface area contributed by atoms with E-state index in [1.54, 1.807) is 6.26 Å². The Hall–Kier alpha value is -0.800. The third kappa shape index (κ3) is 2.10. The molecular formula is C15H24N2O. The van der Waals surface area contributed by atoms with Gasteiger partial charge in [0.15, 0.2) is 0 Å². The summed E-state index contributed by atoms with van der Waals surface area (Å²) < 4.78 is 5.62. The molecule has 0 aromatic carbocycles. The molecule has 0 amide bonds. The molecule has 3 rings (SSSR count). The highest BCUT2D eigenvalue weighted by Crippen LogP contribution is 2.39. The minimum absolute atomic E-state index is 0.378. The van der Waals surface area contributed by atoms with Crippen LogP contribution in [0.1, 0.15) is 50.8 Å². The normalized spacial score (nSPS) is 26.3. The molecule has 100 valence electrons. The summed E-state index contributed by atoms with van der Waals surface area (Å²) in [5, 5.41) is 3.60. The van der Waals surface area contributed by atoms with Crippen molar-refractivity contribution >= 4 is 0 Å². The number of furan rings is 1. The molecule has 3 nitrogen and oxygen atoms in total. The van der Waals surface area contributed by atoms with Gasteiger partial charge in [-0.25, -0.2) is 0 Å². The molecule has 1 aliphatic heterocycles. The number of piperazine rings is 1. The van der Waals surface area contributed by atoms with Crippen LogP contribution in [0.4, 0.5) is 0 Å². The van der Waals surface area contributed by atoms with E-state index in [2.05, 4.69) is 23.2 Å². The van der Waals surface area contributed by atoms with Crippen molar-refractivity contribution < 1.29 is 4.42 Å². The topological polar surface area (TPSA) is 28.4 Å². The third-order valence-corrected chi connectivity index (χ3v) is 4.80. The van der Waals surface area contributed by atoms with E-state index >= 15 is 0 Å². The van der Waals surface area contributed by atoms with Gasteiger partial charge in [-0.05, 0) is 31.9 Å². The minimum Gasteiger partial charge on any atom is -0.468 e. The molecule has 1 unspecified atom stereocenters. The molecule has 2 fully saturated rings. The van der Waals surface area contributed by atoms with Crippen LogP contribution in [-0.2, 0) is 0 Å². The maximum absolute atomic E-state index is 5.62. The van der Waals surface area contributed by atoms with Crippen molar-refractivity contribution in [3.63, 3.8) is 0 Å². The summed E-state index contributed by atoms with van der Waals surface area (Å²) in [4.78, 5) is 2.70. The Morgan fingerprint density at radius 2 is 2.17 bits per heavy atom. The maximum atomic E-state index is 5.62. The summed E-state index contributed by atoms with van der Waals surface area (Å²) in [5.74, 6) is 1.11. The standard InChI is InChI=1S/C15H24N2O/c1-13(14-6-5-11-18-14)17-10-9-16-12-15(17)7-3-2-4-8-15/h5-6,11,13,16H,2-4,7-10,12H2,1H3. The SMILES string of the molecule is CC(c1ccco1)N1CCNCC12CCCCC2. The van der Waals surface area contributed by atoms with Gasteiger partial charge in [0.1, 0.15) is 5.76 Å². The Labute approximate surface area is 110 Å². The van der Waals surface area contributed by atoms with Crippen molar-refractivity contribution in [3.8, 4) is 0 Å². The van der Waals surface area contributed by atoms with Crippen LogP contribution in [0.5, 0.6) is 0 Å². The Morgan fingerprint density at radius 3 is 2.89 bits per heavy atom. The minimum atomic E-state index is 0.378. The van der Waals surface area contributed by atoms with Crippen LogP contribution in [0.25, 0.3) is 0 Å². The molecule has 1 aliphatic carbocycles. The second-order valence-electron chi connectivity index (χ2n) is 5.85. The number of nitrogens with one attached hydrogen (secondary N) is 1. The van der Waals surface area contributed by atoms with Crippen LogP contribution in [0.3, 0.4) is 0 Å². The first-order valence-corrected chi connectivity index (χ1v) is 7.33. The van der Waals surface area contributed by atoms with Crippen LogP contribution < -0.4 is 5.32 Å². The van der Waals surface area contributed by atoms with Crippen molar-refractivity contribution in [2.75, 3.05) is 19.6 Å². The van der Waals surface area contributed by atoms with Crippen molar-refractivity contribution in [1.82, 2.24) is 10.2 Å². The average molecular weight is 248 g/mol. The van der Waals surface area contributed by atoms with Crippen LogP contribution in [-0.4, -0.2) is 30.1 Å². The van der Waals surface area contributed by atoms with Crippen molar-refractivity contribution in [3.05, 3.63) is 24.2 Å². The summed E-state index contributed by atoms with van der Waals surface area (Å²) in [6.07, 6.45) is 8.63. The molecule has 0 bridgehead atoms. The highest BCUT2D eigenvalue weighted by Gasteiger charge is 2.42. The summed E-state index contributed by atoms with van der Waals surface area (Å²) in [6.45, 7) is 5.69. The molecular weight excluding hydrogens is 224 g/mol. The predicted octanol–water partition coefficient (Wildman–Crippen LogP) is 2.95. The van der Waals surface area contributed by atoms with Gasteiger partial charge < -0.3 is 9.73 Å². The van der Waals surface area contributed by atoms with Crippen LogP contribution in [0.2, 0.25) is 0 Å². The van der Waals surface area contributed by atoms with Crippen LogP contribution in [0, 0.1) is 0 Å². The lowest BCUT2D eigenvalue weighted by Crippen LogP contribution is -2.62. The zero-order valence-corrected chi connectivity index (χ0v) is 11.3. The summed E-state index contributed by atoms with van der Waals surface area (Å²) in [5.41, 5.74) is 0.378. The molecule has 0 radical (unpaired) electrons. The predicted molar refractivity (Wildman–Crippen MR) is 72.5 cm³/mol. The quantitative estimate of drug-likeness (QED) is 0.872. The van der Waals surface area contributed by atoms with Gasteiger partial charge in [-0.2, -0.15) is 0 Å². The van der Waals surface area contributed by atoms with E-state index < -0.39 is 0 Å². The maximum Gasteiger partial charge on any atom is 0.120 e. The second-order valence-corrected chi connectivity index (χ2v) is 5.85. The van der Waals surface area contributed by atoms with E-state index in [-0.39, 0.29) is 0 Å². The molecule has 1 N–H and O–H groups in total. The summed E-state index contributed by atoms with van der Waals surface area (Å²) in [6, 6.07) is 4.52. The molecule has 1 aromatic heterocycles. The second kappa shape index (κ2) is 5.06. The number of rotatable bonds is 2. The van der Waals surface area contributed by atoms with Crippen molar-refractivity contribution in [1.29, 1.82) is 0 Å². The number of hydrogen-bond donors (Lipinski definition) is 1. The molecule has 1 aromatic rings. The molecule has 3 heteroatoms. The molecule has 1 spiro atoms. The van der Waals surface area contributed by atoms with Gasteiger partial charge in [0.25, 0.3) is 0 Å². The molecule has 2 aliphatic rings. The average Bonchev–Trinajstić information content (AvgIpc) is 2.93. The Kier molecular flexibility index (Phi) is 3.44. The Balaban J connectivity index is 1.83. The zero-order valence-electron chi connectivity index (χ0n) is 11.3. The van der Waals surface area contributed by atoms with E-state index in [0.29, 0.717) is 11.6 Å². The first-order valence-electron chi connectivity index (χ1n) is 7.33. The summed E-state index contributed by atoms with van der Waals surface area (Å²) >= 11 is 0. The Morgan fingerprint density at radius 1 is 1.33 bits per heavy atom. The lowest BCUT2D eigenvalue weighted by Gasteiger charge is -2.52. The molecule has 1 atom stereocenters. The third-order valence-electron chi connectivity index (χ3n) is 4.80. The fourth-order valence-corrected chi connectivity index (χ4v) is 3.82. The number of nitrogens with zero attached hydrogens (tertiary/aromatic N) is 1. The summed E-state index contributed by atoms with van der Waals surface area (Å²) in [7, 11) is 0. The smallest absolute Gasteiger partial charge is 0.120 e. The lowest BCUT2D eigenvalue weighted by molar-refractivity contribution is -0.00887. The molecule has 1 saturated carbocycles. The number of hydrogen-bond acceptors (Lipinski definition) is 3. The van der Waals surface area contributed by atoms with E-state index in [9.17, 15) is 0 Å². The molecule has 1 saturated heterocycles. The molecule has 2 heterocycles. The van der Waals surface area contributed by atoms with Gasteiger partial charge in [0.05, 0.1) is 12.3 Å². The monoisotopic (exact) mass is 248 g/mol. The van der Waals surface area contributed by atoms with E-state index in [4.69, 9.17) is 4.42 Å². The van der Waals surface area contributed by atoms with E-state index in [0.717, 1.165) is 25.4 Å².